The highest BCUT2D eigenvalue weighted by Crippen LogP contribution is 2.23. The van der Waals surface area contributed by atoms with E-state index in [9.17, 15) is 9.59 Å². The zero-order valence-electron chi connectivity index (χ0n) is 9.25. The van der Waals surface area contributed by atoms with E-state index >= 15 is 0 Å². The molecule has 1 saturated heterocycles. The Labute approximate surface area is 85.5 Å². The van der Waals surface area contributed by atoms with Crippen molar-refractivity contribution >= 4 is 11.7 Å². The molecular weight excluding hydrogens is 178 g/mol. The van der Waals surface area contributed by atoms with Crippen LogP contribution in [0.4, 0.5) is 0 Å². The van der Waals surface area contributed by atoms with Crippen LogP contribution in [0.15, 0.2) is 0 Å². The maximum absolute atomic E-state index is 11.6. The monoisotopic (exact) mass is 197 g/mol. The second-order valence-corrected chi connectivity index (χ2v) is 4.43. The Bertz CT molecular complexity index is 235. The lowest BCUT2D eigenvalue weighted by Gasteiger charge is -2.37. The lowest BCUT2D eigenvalue weighted by Crippen LogP contribution is -2.48. The Hall–Kier alpha value is -0.860. The van der Waals surface area contributed by atoms with Crippen LogP contribution in [0.3, 0.4) is 0 Å². The summed E-state index contributed by atoms with van der Waals surface area (Å²) >= 11 is 0. The van der Waals surface area contributed by atoms with E-state index < -0.39 is 0 Å². The van der Waals surface area contributed by atoms with Crippen molar-refractivity contribution < 1.29 is 9.59 Å². The third-order valence-corrected chi connectivity index (χ3v) is 2.77. The van der Waals surface area contributed by atoms with Crippen LogP contribution in [0.25, 0.3) is 0 Å². The first-order chi connectivity index (χ1) is 6.52. The maximum atomic E-state index is 11.6. The van der Waals surface area contributed by atoms with Gasteiger partial charge in [0.1, 0.15) is 5.78 Å². The summed E-state index contributed by atoms with van der Waals surface area (Å²) in [5.74, 6) is 0.662. The van der Waals surface area contributed by atoms with Gasteiger partial charge in [0.05, 0.1) is 6.54 Å². The van der Waals surface area contributed by atoms with Crippen molar-refractivity contribution in [3.8, 4) is 0 Å². The molecule has 3 nitrogen and oxygen atoms in total. The molecule has 1 aliphatic rings. The zero-order valence-corrected chi connectivity index (χ0v) is 9.25. The molecule has 14 heavy (non-hydrogen) atoms. The summed E-state index contributed by atoms with van der Waals surface area (Å²) in [5.41, 5.74) is 0. The van der Waals surface area contributed by atoms with Gasteiger partial charge in [0, 0.05) is 12.5 Å². The van der Waals surface area contributed by atoms with E-state index in [0.717, 1.165) is 12.8 Å². The van der Waals surface area contributed by atoms with Gasteiger partial charge in [-0.15, -0.1) is 0 Å². The summed E-state index contributed by atoms with van der Waals surface area (Å²) in [7, 11) is 0. The first-order valence-electron chi connectivity index (χ1n) is 5.31. The molecule has 80 valence electrons. The number of amides is 1. The molecule has 0 aromatic rings. The van der Waals surface area contributed by atoms with Gasteiger partial charge in [-0.25, -0.2) is 0 Å². The van der Waals surface area contributed by atoms with E-state index in [4.69, 9.17) is 0 Å². The standard InChI is InChI=1S/C11H19NO2/c1-8(2)10-5-4-6-11(14)12(10)7-9(3)13/h8,10H,4-7H2,1-3H3. The summed E-state index contributed by atoms with van der Waals surface area (Å²) in [6.07, 6.45) is 2.61. The van der Waals surface area contributed by atoms with Gasteiger partial charge in [0.2, 0.25) is 5.91 Å². The number of ketones is 1. The number of nitrogens with zero attached hydrogens (tertiary/aromatic N) is 1. The van der Waals surface area contributed by atoms with Crippen LogP contribution >= 0.6 is 0 Å². The topological polar surface area (TPSA) is 37.4 Å². The van der Waals surface area contributed by atoms with Crippen LogP contribution < -0.4 is 0 Å². The number of hydrogen-bond donors (Lipinski definition) is 0. The van der Waals surface area contributed by atoms with Gasteiger partial charge in [0.25, 0.3) is 0 Å². The molecule has 0 saturated carbocycles. The van der Waals surface area contributed by atoms with Crippen LogP contribution in [0.1, 0.15) is 40.0 Å². The first-order valence-corrected chi connectivity index (χ1v) is 5.31. The summed E-state index contributed by atoms with van der Waals surface area (Å²) in [6, 6.07) is 0.264. The second-order valence-electron chi connectivity index (χ2n) is 4.43. The molecule has 1 rings (SSSR count). The fraction of sp³-hybridized carbons (Fsp3) is 0.818. The van der Waals surface area contributed by atoms with Crippen LogP contribution in [0.5, 0.6) is 0 Å². The molecule has 0 N–H and O–H groups in total. The van der Waals surface area contributed by atoms with Crippen molar-refractivity contribution in [2.24, 2.45) is 5.92 Å². The molecular formula is C11H19NO2. The van der Waals surface area contributed by atoms with Gasteiger partial charge in [0.15, 0.2) is 0 Å². The van der Waals surface area contributed by atoms with Crippen molar-refractivity contribution in [2.75, 3.05) is 6.54 Å². The molecule has 1 fully saturated rings. The van der Waals surface area contributed by atoms with Crippen molar-refractivity contribution in [2.45, 2.75) is 46.1 Å². The van der Waals surface area contributed by atoms with Crippen LogP contribution in [-0.4, -0.2) is 29.2 Å². The largest absolute Gasteiger partial charge is 0.332 e. The lowest BCUT2D eigenvalue weighted by molar-refractivity contribution is -0.141. The molecule has 1 unspecified atom stereocenters. The number of rotatable bonds is 3. The molecule has 1 aliphatic heterocycles. The van der Waals surface area contributed by atoms with Crippen molar-refractivity contribution in [1.29, 1.82) is 0 Å². The number of piperidine rings is 1. The molecule has 1 heterocycles. The van der Waals surface area contributed by atoms with Gasteiger partial charge >= 0.3 is 0 Å². The van der Waals surface area contributed by atoms with Crippen LogP contribution in [0, 0.1) is 5.92 Å². The first kappa shape index (κ1) is 11.2. The molecule has 3 heteroatoms. The molecule has 1 atom stereocenters. The third kappa shape index (κ3) is 2.56. The molecule has 0 bridgehead atoms. The van der Waals surface area contributed by atoms with E-state index in [-0.39, 0.29) is 17.7 Å². The molecule has 0 aliphatic carbocycles. The van der Waals surface area contributed by atoms with E-state index in [2.05, 4.69) is 13.8 Å². The summed E-state index contributed by atoms with van der Waals surface area (Å²) < 4.78 is 0. The number of carbonyl (C=O) groups is 2. The quantitative estimate of drug-likeness (QED) is 0.689. The third-order valence-electron chi connectivity index (χ3n) is 2.77. The van der Waals surface area contributed by atoms with Crippen molar-refractivity contribution in [3.05, 3.63) is 0 Å². The Kier molecular flexibility index (Phi) is 3.67. The Balaban J connectivity index is 2.70. The minimum Gasteiger partial charge on any atom is -0.332 e. The number of likely N-dealkylation sites (tertiary alicyclic amines) is 1. The SMILES string of the molecule is CC(=O)CN1C(=O)CCCC1C(C)C. The predicted octanol–water partition coefficient (Wildman–Crippen LogP) is 1.61. The zero-order chi connectivity index (χ0) is 10.7. The van der Waals surface area contributed by atoms with E-state index in [1.807, 2.05) is 0 Å². The Morgan fingerprint density at radius 2 is 2.21 bits per heavy atom. The van der Waals surface area contributed by atoms with Crippen molar-refractivity contribution in [3.63, 3.8) is 0 Å². The maximum Gasteiger partial charge on any atom is 0.223 e. The summed E-state index contributed by atoms with van der Waals surface area (Å²) in [6.45, 7) is 6.05. The molecule has 1 amide bonds. The second kappa shape index (κ2) is 4.58. The normalized spacial score (nSPS) is 23.0. The predicted molar refractivity (Wildman–Crippen MR) is 54.9 cm³/mol. The molecule has 0 aromatic heterocycles. The summed E-state index contributed by atoms with van der Waals surface area (Å²) in [4.78, 5) is 24.4. The average molecular weight is 197 g/mol. The van der Waals surface area contributed by atoms with Gasteiger partial charge in [-0.3, -0.25) is 9.59 Å². The fourth-order valence-electron chi connectivity index (χ4n) is 2.09. The molecule has 0 radical (unpaired) electrons. The van der Waals surface area contributed by atoms with Crippen LogP contribution in [0.2, 0.25) is 0 Å². The van der Waals surface area contributed by atoms with E-state index in [1.165, 1.54) is 0 Å². The highest BCUT2D eigenvalue weighted by molar-refractivity contribution is 5.85. The van der Waals surface area contributed by atoms with Gasteiger partial charge in [-0.2, -0.15) is 0 Å². The van der Waals surface area contributed by atoms with Gasteiger partial charge in [-0.05, 0) is 25.7 Å². The van der Waals surface area contributed by atoms with E-state index in [1.54, 1.807) is 11.8 Å². The smallest absolute Gasteiger partial charge is 0.223 e. The van der Waals surface area contributed by atoms with Crippen molar-refractivity contribution in [1.82, 2.24) is 4.90 Å². The highest BCUT2D eigenvalue weighted by atomic mass is 16.2. The minimum absolute atomic E-state index is 0.0749. The number of hydrogen-bond acceptors (Lipinski definition) is 2. The Morgan fingerprint density at radius 1 is 1.57 bits per heavy atom. The van der Waals surface area contributed by atoms with Crippen LogP contribution in [-0.2, 0) is 9.59 Å². The van der Waals surface area contributed by atoms with Gasteiger partial charge in [-0.1, -0.05) is 13.8 Å². The average Bonchev–Trinajstić information content (AvgIpc) is 2.07. The number of Topliss-reactive ketones (excluding diaryl/α,β-unsaturated/α-hetero) is 1. The fourth-order valence-corrected chi connectivity index (χ4v) is 2.09. The van der Waals surface area contributed by atoms with E-state index in [0.29, 0.717) is 18.9 Å². The molecule has 0 spiro atoms. The highest BCUT2D eigenvalue weighted by Gasteiger charge is 2.30. The minimum atomic E-state index is 0.0749. The Morgan fingerprint density at radius 3 is 2.71 bits per heavy atom. The molecule has 0 aromatic carbocycles. The van der Waals surface area contributed by atoms with Gasteiger partial charge < -0.3 is 4.90 Å². The number of carbonyl (C=O) groups excluding carboxylic acids is 2. The lowest BCUT2D eigenvalue weighted by atomic mass is 9.92. The summed E-state index contributed by atoms with van der Waals surface area (Å²) in [5, 5.41) is 0.